The summed E-state index contributed by atoms with van der Waals surface area (Å²) in [5.41, 5.74) is 6.18. The van der Waals surface area contributed by atoms with Gasteiger partial charge in [-0.2, -0.15) is 0 Å². The number of hydrogen-bond donors (Lipinski definition) is 1. The Balaban J connectivity index is 4.11. The summed E-state index contributed by atoms with van der Waals surface area (Å²) < 4.78 is 0. The summed E-state index contributed by atoms with van der Waals surface area (Å²) in [7, 11) is 0. The van der Waals surface area contributed by atoms with Gasteiger partial charge in [0.05, 0.1) is 11.4 Å². The van der Waals surface area contributed by atoms with Crippen LogP contribution in [0.1, 0.15) is 13.8 Å². The van der Waals surface area contributed by atoms with E-state index in [2.05, 4.69) is 4.99 Å². The van der Waals surface area contributed by atoms with Crippen molar-refractivity contribution in [2.75, 3.05) is 0 Å². The number of carbonyl (C=O) groups excluding carboxylic acids is 1. The summed E-state index contributed by atoms with van der Waals surface area (Å²) in [4.78, 5) is 13.8. The minimum Gasteiger partial charge on any atom is -0.403 e. The Labute approximate surface area is 54.3 Å². The third-order valence-electron chi connectivity index (χ3n) is 0.764. The van der Waals surface area contributed by atoms with Crippen molar-refractivity contribution in [2.24, 2.45) is 10.7 Å². The predicted octanol–water partition coefficient (Wildman–Crippen LogP) is 0.466. The Morgan fingerprint density at radius 3 is 2.44 bits per heavy atom. The van der Waals surface area contributed by atoms with Crippen LogP contribution in [-0.2, 0) is 4.79 Å². The first kappa shape index (κ1) is 7.88. The molecule has 0 bridgehead atoms. The lowest BCUT2D eigenvalue weighted by molar-refractivity contribution is -0.102. The van der Waals surface area contributed by atoms with E-state index in [1.165, 1.54) is 6.20 Å². The first-order chi connectivity index (χ1) is 4.20. The quantitative estimate of drug-likeness (QED) is 0.432. The second-order valence-corrected chi connectivity index (χ2v) is 1.68. The van der Waals surface area contributed by atoms with Gasteiger partial charge in [-0.15, -0.1) is 0 Å². The average molecular weight is 126 g/mol. The highest BCUT2D eigenvalue weighted by atomic mass is 16.1. The van der Waals surface area contributed by atoms with Gasteiger partial charge in [-0.3, -0.25) is 9.79 Å². The van der Waals surface area contributed by atoms with Crippen LogP contribution in [0.2, 0.25) is 0 Å². The largest absolute Gasteiger partial charge is 0.403 e. The van der Waals surface area contributed by atoms with E-state index in [1.54, 1.807) is 13.8 Å². The lowest BCUT2D eigenvalue weighted by Gasteiger charge is -1.87. The van der Waals surface area contributed by atoms with E-state index < -0.39 is 0 Å². The van der Waals surface area contributed by atoms with Gasteiger partial charge in [-0.1, -0.05) is 0 Å². The van der Waals surface area contributed by atoms with Crippen LogP contribution in [0.15, 0.2) is 16.9 Å². The molecular formula is C6H10N2O. The SMILES string of the molecule is CC(C=O)=N/C(C)=C/N. The van der Waals surface area contributed by atoms with Crippen molar-refractivity contribution in [3.63, 3.8) is 0 Å². The van der Waals surface area contributed by atoms with Crippen LogP contribution >= 0.6 is 0 Å². The average Bonchev–Trinajstić information content (AvgIpc) is 1.87. The molecule has 0 aromatic heterocycles. The minimum absolute atomic E-state index is 0.439. The maximum absolute atomic E-state index is 9.96. The molecule has 3 heteroatoms. The molecule has 0 aromatic rings. The van der Waals surface area contributed by atoms with E-state index in [1.807, 2.05) is 0 Å². The second-order valence-electron chi connectivity index (χ2n) is 1.68. The van der Waals surface area contributed by atoms with Crippen molar-refractivity contribution >= 4 is 12.0 Å². The number of rotatable bonds is 2. The third kappa shape index (κ3) is 3.46. The maximum Gasteiger partial charge on any atom is 0.163 e. The van der Waals surface area contributed by atoms with Gasteiger partial charge in [-0.25, -0.2) is 0 Å². The number of aldehydes is 1. The smallest absolute Gasteiger partial charge is 0.163 e. The molecule has 0 aliphatic rings. The molecule has 2 N–H and O–H groups in total. The molecule has 0 heterocycles. The molecule has 0 fully saturated rings. The number of carbonyl (C=O) groups is 1. The number of nitrogens with zero attached hydrogens (tertiary/aromatic N) is 1. The van der Waals surface area contributed by atoms with Crippen LogP contribution in [0.4, 0.5) is 0 Å². The van der Waals surface area contributed by atoms with Gasteiger partial charge < -0.3 is 5.73 Å². The Morgan fingerprint density at radius 2 is 2.11 bits per heavy atom. The molecule has 0 amide bonds. The van der Waals surface area contributed by atoms with Crippen LogP contribution in [-0.4, -0.2) is 12.0 Å². The van der Waals surface area contributed by atoms with E-state index >= 15 is 0 Å². The molecule has 0 radical (unpaired) electrons. The Morgan fingerprint density at radius 1 is 1.56 bits per heavy atom. The van der Waals surface area contributed by atoms with Crippen LogP contribution in [0.25, 0.3) is 0 Å². The van der Waals surface area contributed by atoms with Crippen molar-refractivity contribution in [3.05, 3.63) is 11.9 Å². The van der Waals surface area contributed by atoms with Crippen molar-refractivity contribution < 1.29 is 4.79 Å². The Bertz CT molecular complexity index is 158. The molecule has 0 spiro atoms. The van der Waals surface area contributed by atoms with Gasteiger partial charge in [0.1, 0.15) is 0 Å². The van der Waals surface area contributed by atoms with Gasteiger partial charge in [0.15, 0.2) is 6.29 Å². The van der Waals surface area contributed by atoms with Crippen molar-refractivity contribution in [2.45, 2.75) is 13.8 Å². The Hall–Kier alpha value is -1.12. The standard InChI is InChI=1S/C6H10N2O/c1-5(3-7)8-6(2)4-9/h3-4H,7H2,1-2H3/b5-3+,8-6?. The van der Waals surface area contributed by atoms with Gasteiger partial charge in [0.25, 0.3) is 0 Å². The molecule has 0 aromatic carbocycles. The van der Waals surface area contributed by atoms with E-state index in [4.69, 9.17) is 5.73 Å². The van der Waals surface area contributed by atoms with Crippen molar-refractivity contribution in [1.29, 1.82) is 0 Å². The number of hydrogen-bond acceptors (Lipinski definition) is 3. The van der Waals surface area contributed by atoms with Crippen molar-refractivity contribution in [1.82, 2.24) is 0 Å². The van der Waals surface area contributed by atoms with Crippen molar-refractivity contribution in [3.8, 4) is 0 Å². The molecular weight excluding hydrogens is 116 g/mol. The van der Waals surface area contributed by atoms with Gasteiger partial charge in [-0.05, 0) is 13.8 Å². The maximum atomic E-state index is 9.96. The zero-order valence-electron chi connectivity index (χ0n) is 5.59. The Kier molecular flexibility index (Phi) is 3.35. The second kappa shape index (κ2) is 3.83. The summed E-state index contributed by atoms with van der Waals surface area (Å²) in [6, 6.07) is 0. The first-order valence-corrected chi connectivity index (χ1v) is 2.59. The van der Waals surface area contributed by atoms with E-state index in [0.717, 1.165) is 0 Å². The summed E-state index contributed by atoms with van der Waals surface area (Å²) in [6.45, 7) is 3.35. The highest BCUT2D eigenvalue weighted by Gasteiger charge is 1.84. The van der Waals surface area contributed by atoms with Crippen LogP contribution in [0, 0.1) is 0 Å². The fraction of sp³-hybridized carbons (Fsp3) is 0.333. The number of aliphatic imine (C=N–C) groups is 1. The monoisotopic (exact) mass is 126 g/mol. The number of nitrogens with two attached hydrogens (primary N) is 1. The predicted molar refractivity (Wildman–Crippen MR) is 37.1 cm³/mol. The molecule has 0 saturated heterocycles. The first-order valence-electron chi connectivity index (χ1n) is 2.59. The molecule has 9 heavy (non-hydrogen) atoms. The van der Waals surface area contributed by atoms with Crippen LogP contribution in [0.3, 0.4) is 0 Å². The van der Waals surface area contributed by atoms with E-state index in [0.29, 0.717) is 17.7 Å². The van der Waals surface area contributed by atoms with Gasteiger partial charge in [0.2, 0.25) is 0 Å². The summed E-state index contributed by atoms with van der Waals surface area (Å²) >= 11 is 0. The highest BCUT2D eigenvalue weighted by molar-refractivity contribution is 6.27. The summed E-state index contributed by atoms with van der Waals surface area (Å²) in [5.74, 6) is 0. The third-order valence-corrected chi connectivity index (χ3v) is 0.764. The lowest BCUT2D eigenvalue weighted by Crippen LogP contribution is -1.92. The zero-order valence-corrected chi connectivity index (χ0v) is 5.59. The van der Waals surface area contributed by atoms with Gasteiger partial charge in [0, 0.05) is 6.20 Å². The van der Waals surface area contributed by atoms with Gasteiger partial charge >= 0.3 is 0 Å². The molecule has 0 saturated carbocycles. The molecule has 0 aliphatic heterocycles. The van der Waals surface area contributed by atoms with Crippen LogP contribution in [0.5, 0.6) is 0 Å². The van der Waals surface area contributed by atoms with E-state index in [-0.39, 0.29) is 0 Å². The molecule has 3 nitrogen and oxygen atoms in total. The number of allylic oxidation sites excluding steroid dienone is 1. The molecule has 0 unspecified atom stereocenters. The molecule has 0 aliphatic carbocycles. The zero-order chi connectivity index (χ0) is 7.28. The normalized spacial score (nSPS) is 13.6. The fourth-order valence-electron chi connectivity index (χ4n) is 0.342. The van der Waals surface area contributed by atoms with E-state index in [9.17, 15) is 4.79 Å². The summed E-state index contributed by atoms with van der Waals surface area (Å²) in [6.07, 6.45) is 2.04. The lowest BCUT2D eigenvalue weighted by atomic mass is 10.4. The molecule has 0 atom stereocenters. The molecule has 50 valence electrons. The topological polar surface area (TPSA) is 55.5 Å². The minimum atomic E-state index is 0.439. The highest BCUT2D eigenvalue weighted by Crippen LogP contribution is 1.89. The van der Waals surface area contributed by atoms with Crippen LogP contribution < -0.4 is 5.73 Å². The fourth-order valence-corrected chi connectivity index (χ4v) is 0.342. The molecule has 0 rings (SSSR count). The summed E-state index contributed by atoms with van der Waals surface area (Å²) in [5, 5.41) is 0.